The van der Waals surface area contributed by atoms with E-state index >= 15 is 0 Å². The van der Waals surface area contributed by atoms with Crippen LogP contribution in [0.5, 0.6) is 0 Å². The fourth-order valence-corrected chi connectivity index (χ4v) is 0. The van der Waals surface area contributed by atoms with Crippen LogP contribution in [0, 0.1) is 0 Å². The predicted molar refractivity (Wildman–Crippen MR) is 23.0 cm³/mol. The predicted octanol–water partition coefficient (Wildman–Crippen LogP) is -1.52. The molecule has 4 heavy (non-hydrogen) atoms. The van der Waals surface area contributed by atoms with E-state index < -0.39 is 0 Å². The summed E-state index contributed by atoms with van der Waals surface area (Å²) in [5, 5.41) is 0. The van der Waals surface area contributed by atoms with Crippen LogP contribution in [0.3, 0.4) is 0 Å². The van der Waals surface area contributed by atoms with Crippen LogP contribution >= 0.6 is 0 Å². The van der Waals surface area contributed by atoms with Crippen molar-refractivity contribution in [3.05, 3.63) is 0 Å². The average Bonchev–Trinajstić information content (AvgIpc) is 0. The van der Waals surface area contributed by atoms with Crippen LogP contribution in [0.25, 0.3) is 0 Å². The Morgan fingerprint density at radius 1 is 1.00 bits per heavy atom. The molecule has 0 aromatic rings. The molecule has 0 aromatic carbocycles. The zero-order valence-corrected chi connectivity index (χ0v) is 12.8. The average molecular weight is 428 g/mol. The van der Waals surface area contributed by atoms with E-state index in [1.165, 1.54) is 0 Å². The fourth-order valence-electron chi connectivity index (χ4n) is 0. The summed E-state index contributed by atoms with van der Waals surface area (Å²) in [4.78, 5) is 0. The molecule has 16 valence electrons. The molecule has 0 aliphatic rings. The van der Waals surface area contributed by atoms with Gasteiger partial charge in [-0.25, -0.2) is 0 Å². The Morgan fingerprint density at radius 3 is 1.00 bits per heavy atom. The van der Waals surface area contributed by atoms with Crippen molar-refractivity contribution in [1.29, 1.82) is 0 Å². The van der Waals surface area contributed by atoms with Crippen LogP contribution in [0.4, 0.5) is 0 Å². The second-order valence-electron chi connectivity index (χ2n) is 0. The van der Waals surface area contributed by atoms with Crippen LogP contribution in [0.2, 0.25) is 0 Å². The molecule has 0 bridgehead atoms. The van der Waals surface area contributed by atoms with Crippen molar-refractivity contribution in [3.63, 3.8) is 0 Å². The molecule has 0 nitrogen and oxygen atoms in total. The fraction of sp³-hybridized carbons (Fsp3) is 0. The van der Waals surface area contributed by atoms with E-state index in [0.29, 0.717) is 0 Å². The summed E-state index contributed by atoms with van der Waals surface area (Å²) in [5.74, 6) is 0. The third kappa shape index (κ3) is 8.90. The summed E-state index contributed by atoms with van der Waals surface area (Å²) in [6, 6.07) is 0. The van der Waals surface area contributed by atoms with Crippen molar-refractivity contribution < 1.29 is 0 Å². The van der Waals surface area contributed by atoms with Gasteiger partial charge in [0.1, 0.15) is 0 Å². The second-order valence-corrected chi connectivity index (χ2v) is 0. The van der Waals surface area contributed by atoms with Gasteiger partial charge in [0, 0.05) is 91.8 Å². The van der Waals surface area contributed by atoms with Gasteiger partial charge in [-0.15, -0.1) is 0 Å². The molecule has 0 spiro atoms. The minimum atomic E-state index is 0. The molecule has 0 rings (SSSR count). The molecule has 0 heterocycles. The molecule has 0 unspecified atom stereocenters. The van der Waals surface area contributed by atoms with Gasteiger partial charge in [0.2, 0.25) is 0 Å². The molecule has 4 heteroatoms. The van der Waals surface area contributed by atoms with Gasteiger partial charge in [-0.05, 0) is 0 Å². The van der Waals surface area contributed by atoms with Gasteiger partial charge in [0.25, 0.3) is 0 Å². The molecule has 0 aromatic heterocycles. The van der Waals surface area contributed by atoms with Crippen molar-refractivity contribution in [2.75, 3.05) is 0 Å². The summed E-state index contributed by atoms with van der Waals surface area (Å²) < 4.78 is 0. The van der Waals surface area contributed by atoms with Crippen molar-refractivity contribution in [1.82, 2.24) is 0 Å². The van der Waals surface area contributed by atoms with Gasteiger partial charge < -0.3 is 0 Å². The van der Waals surface area contributed by atoms with Crippen LogP contribution in [0.15, 0.2) is 0 Å². The van der Waals surface area contributed by atoms with Crippen molar-refractivity contribution in [3.8, 4) is 0 Å². The SMILES string of the molecule is [Ge].[In].[Sb].[Sn]. The van der Waals surface area contributed by atoms with E-state index in [4.69, 9.17) is 0 Å². The minimum Gasteiger partial charge on any atom is 0 e. The molecule has 0 aliphatic carbocycles. The minimum absolute atomic E-state index is 0. The topological polar surface area (TPSA) is 0 Å². The Morgan fingerprint density at radius 2 is 1.00 bits per heavy atom. The Labute approximate surface area is 90.0 Å². The number of hydrogen-bond donors (Lipinski definition) is 0. The molecular formula is GeInSbSn. The molecule has 0 N–H and O–H groups in total. The van der Waals surface area contributed by atoms with Gasteiger partial charge in [-0.1, -0.05) is 0 Å². The normalized spacial score (nSPS) is 0. The second kappa shape index (κ2) is 16.6. The van der Waals surface area contributed by atoms with Crippen molar-refractivity contribution in [2.45, 2.75) is 0 Å². The summed E-state index contributed by atoms with van der Waals surface area (Å²) in [5.41, 5.74) is 0. The van der Waals surface area contributed by atoms with Gasteiger partial charge in [-0.3, -0.25) is 0 Å². The zero-order valence-electron chi connectivity index (χ0n) is 2.02. The standard InChI is InChI=1S/Ge.In.Sb.Sn. The third-order valence-corrected chi connectivity index (χ3v) is 0. The number of hydrogen-bond acceptors (Lipinski definition) is 0. The van der Waals surface area contributed by atoms with Crippen LogP contribution in [0.1, 0.15) is 0 Å². The quantitative estimate of drug-likeness (QED) is 0.412. The maximum absolute atomic E-state index is 0. The molecule has 0 saturated carbocycles. The number of rotatable bonds is 0. The van der Waals surface area contributed by atoms with E-state index in [-0.39, 0.29) is 91.8 Å². The Kier molecular flexibility index (Phi) is 116. The molecule has 14 radical (unpaired) electrons. The first-order valence-electron chi connectivity index (χ1n) is 0. The van der Waals surface area contributed by atoms with Crippen LogP contribution in [-0.4, -0.2) is 91.8 Å². The Bertz CT molecular complexity index is 8.00. The van der Waals surface area contributed by atoms with Gasteiger partial charge in [-0.2, -0.15) is 0 Å². The monoisotopic (exact) mass is 430 g/mol. The first kappa shape index (κ1) is 27.8. The van der Waals surface area contributed by atoms with Crippen molar-refractivity contribution in [2.24, 2.45) is 0 Å². The van der Waals surface area contributed by atoms with Gasteiger partial charge >= 0.3 is 0 Å². The van der Waals surface area contributed by atoms with Gasteiger partial charge in [0.15, 0.2) is 0 Å². The van der Waals surface area contributed by atoms with E-state index in [1.807, 2.05) is 0 Å². The van der Waals surface area contributed by atoms with E-state index in [2.05, 4.69) is 0 Å². The smallest absolute Gasteiger partial charge is 0 e. The molecule has 0 saturated heterocycles. The third-order valence-electron chi connectivity index (χ3n) is 0. The maximum atomic E-state index is 0. The van der Waals surface area contributed by atoms with E-state index in [0.717, 1.165) is 0 Å². The van der Waals surface area contributed by atoms with Crippen LogP contribution in [-0.2, 0) is 0 Å². The summed E-state index contributed by atoms with van der Waals surface area (Å²) in [7, 11) is 0. The maximum Gasteiger partial charge on any atom is 0 e. The molecule has 0 amide bonds. The van der Waals surface area contributed by atoms with E-state index in [1.54, 1.807) is 0 Å². The molecule has 0 fully saturated rings. The molecule has 0 aliphatic heterocycles. The molecule has 0 atom stereocenters. The van der Waals surface area contributed by atoms with Gasteiger partial charge in [0.05, 0.1) is 0 Å². The van der Waals surface area contributed by atoms with Crippen LogP contribution < -0.4 is 0 Å². The first-order valence-corrected chi connectivity index (χ1v) is 0. The molecular weight excluding hydrogens is 428 g/mol. The summed E-state index contributed by atoms with van der Waals surface area (Å²) in [6.07, 6.45) is 0. The van der Waals surface area contributed by atoms with Crippen molar-refractivity contribution >= 4 is 91.8 Å². The Hall–Kier alpha value is 3.03. The Balaban J connectivity index is 0. The first-order chi connectivity index (χ1) is 0. The van der Waals surface area contributed by atoms with E-state index in [9.17, 15) is 0 Å². The summed E-state index contributed by atoms with van der Waals surface area (Å²) >= 11 is 0. The summed E-state index contributed by atoms with van der Waals surface area (Å²) in [6.45, 7) is 0. The largest absolute Gasteiger partial charge is 0 e. The zero-order chi connectivity index (χ0) is 0.